The second kappa shape index (κ2) is 9.39. The molecule has 0 spiro atoms. The molecular formula is C22H26O4. The lowest BCUT2D eigenvalue weighted by atomic mass is 9.70. The van der Waals surface area contributed by atoms with Crippen molar-refractivity contribution < 1.29 is 19.4 Å². The van der Waals surface area contributed by atoms with Crippen LogP contribution in [0, 0.1) is 5.92 Å². The van der Waals surface area contributed by atoms with E-state index in [4.69, 9.17) is 14.6 Å². The Morgan fingerprint density at radius 2 is 1.77 bits per heavy atom. The van der Waals surface area contributed by atoms with E-state index in [1.807, 2.05) is 36.4 Å². The Morgan fingerprint density at radius 1 is 1.00 bits per heavy atom. The van der Waals surface area contributed by atoms with E-state index in [0.29, 0.717) is 19.1 Å². The van der Waals surface area contributed by atoms with Crippen molar-refractivity contribution in [3.8, 4) is 11.5 Å². The molecule has 0 heterocycles. The summed E-state index contributed by atoms with van der Waals surface area (Å²) in [6.45, 7) is 0.978. The van der Waals surface area contributed by atoms with E-state index in [1.165, 1.54) is 18.4 Å². The molecular weight excluding hydrogens is 328 g/mol. The topological polar surface area (TPSA) is 55.8 Å². The maximum absolute atomic E-state index is 10.4. The van der Waals surface area contributed by atoms with Gasteiger partial charge in [0.25, 0.3) is 0 Å². The highest BCUT2D eigenvalue weighted by molar-refractivity contribution is 5.66. The molecule has 138 valence electrons. The third kappa shape index (κ3) is 5.60. The molecule has 0 aliphatic heterocycles. The number of carbonyl (C=O) groups is 1. The molecule has 0 amide bonds. The van der Waals surface area contributed by atoms with Gasteiger partial charge in [0.1, 0.15) is 11.5 Å². The Balaban J connectivity index is 1.38. The standard InChI is InChI=1S/C22H26O4/c23-22(24)11-13-25-12-5-6-17-14-19(15-17)18-7-4-10-21(16-18)26-20-8-2-1-3-9-20/h1-4,7-10,16-17,19H,5-6,11-15H2,(H,23,24). The molecule has 0 radical (unpaired) electrons. The summed E-state index contributed by atoms with van der Waals surface area (Å²) in [4.78, 5) is 10.4. The molecule has 2 aromatic rings. The van der Waals surface area contributed by atoms with Crippen LogP contribution in [0.3, 0.4) is 0 Å². The lowest BCUT2D eigenvalue weighted by Gasteiger charge is -2.36. The number of rotatable bonds is 10. The van der Waals surface area contributed by atoms with E-state index < -0.39 is 5.97 Å². The Kier molecular flexibility index (Phi) is 6.67. The maximum atomic E-state index is 10.4. The number of para-hydroxylation sites is 1. The first kappa shape index (κ1) is 18.5. The maximum Gasteiger partial charge on any atom is 0.305 e. The molecule has 1 N–H and O–H groups in total. The average molecular weight is 354 g/mol. The molecule has 0 aromatic heterocycles. The fourth-order valence-electron chi connectivity index (χ4n) is 3.44. The predicted molar refractivity (Wildman–Crippen MR) is 101 cm³/mol. The Bertz CT molecular complexity index is 692. The monoisotopic (exact) mass is 354 g/mol. The quantitative estimate of drug-likeness (QED) is 0.593. The van der Waals surface area contributed by atoms with Crippen LogP contribution in [0.15, 0.2) is 54.6 Å². The summed E-state index contributed by atoms with van der Waals surface area (Å²) in [5.41, 5.74) is 1.35. The summed E-state index contributed by atoms with van der Waals surface area (Å²) in [5, 5.41) is 8.56. The normalized spacial score (nSPS) is 18.9. The zero-order chi connectivity index (χ0) is 18.2. The lowest BCUT2D eigenvalue weighted by Crippen LogP contribution is -2.22. The van der Waals surface area contributed by atoms with Crippen LogP contribution in [0.5, 0.6) is 11.5 Å². The molecule has 1 aliphatic carbocycles. The summed E-state index contributed by atoms with van der Waals surface area (Å²) in [6.07, 6.45) is 4.68. The molecule has 1 saturated carbocycles. The molecule has 0 saturated heterocycles. The minimum atomic E-state index is -0.801. The van der Waals surface area contributed by atoms with Gasteiger partial charge in [0.2, 0.25) is 0 Å². The van der Waals surface area contributed by atoms with Gasteiger partial charge >= 0.3 is 5.97 Å². The van der Waals surface area contributed by atoms with Gasteiger partial charge in [-0.1, -0.05) is 30.3 Å². The van der Waals surface area contributed by atoms with E-state index in [-0.39, 0.29) is 6.42 Å². The highest BCUT2D eigenvalue weighted by Gasteiger charge is 2.29. The number of carboxylic acid groups (broad SMARTS) is 1. The van der Waals surface area contributed by atoms with E-state index in [2.05, 4.69) is 18.2 Å². The zero-order valence-electron chi connectivity index (χ0n) is 15.0. The van der Waals surface area contributed by atoms with Crippen LogP contribution in [0.25, 0.3) is 0 Å². The van der Waals surface area contributed by atoms with Crippen molar-refractivity contribution in [1.82, 2.24) is 0 Å². The van der Waals surface area contributed by atoms with Gasteiger partial charge in [-0.25, -0.2) is 0 Å². The van der Waals surface area contributed by atoms with Crippen molar-refractivity contribution in [2.75, 3.05) is 13.2 Å². The van der Waals surface area contributed by atoms with Crippen molar-refractivity contribution in [2.45, 2.75) is 38.0 Å². The van der Waals surface area contributed by atoms with Crippen molar-refractivity contribution >= 4 is 5.97 Å². The Morgan fingerprint density at radius 3 is 2.54 bits per heavy atom. The third-order valence-corrected chi connectivity index (χ3v) is 4.91. The van der Waals surface area contributed by atoms with Crippen molar-refractivity contribution in [2.24, 2.45) is 5.92 Å². The van der Waals surface area contributed by atoms with Gasteiger partial charge in [0.15, 0.2) is 0 Å². The number of hydrogen-bond donors (Lipinski definition) is 1. The minimum Gasteiger partial charge on any atom is -0.481 e. The van der Waals surface area contributed by atoms with Gasteiger partial charge < -0.3 is 14.6 Å². The van der Waals surface area contributed by atoms with Gasteiger partial charge in [0.05, 0.1) is 13.0 Å². The summed E-state index contributed by atoms with van der Waals surface area (Å²) in [7, 11) is 0. The molecule has 1 fully saturated rings. The van der Waals surface area contributed by atoms with Crippen molar-refractivity contribution in [3.05, 3.63) is 60.2 Å². The molecule has 3 rings (SSSR count). The minimum absolute atomic E-state index is 0.0902. The Labute approximate surface area is 154 Å². The Hall–Kier alpha value is -2.33. The summed E-state index contributed by atoms with van der Waals surface area (Å²) in [6, 6.07) is 18.3. The highest BCUT2D eigenvalue weighted by Crippen LogP contribution is 2.44. The van der Waals surface area contributed by atoms with Gasteiger partial charge in [-0.2, -0.15) is 0 Å². The fraction of sp³-hybridized carbons (Fsp3) is 0.409. The van der Waals surface area contributed by atoms with Crippen LogP contribution in [0.4, 0.5) is 0 Å². The fourth-order valence-corrected chi connectivity index (χ4v) is 3.44. The molecule has 0 unspecified atom stereocenters. The highest BCUT2D eigenvalue weighted by atomic mass is 16.5. The SMILES string of the molecule is O=C(O)CCOCCCC1CC(c2cccc(Oc3ccccc3)c2)C1. The van der Waals surface area contributed by atoms with Crippen LogP contribution in [-0.4, -0.2) is 24.3 Å². The first-order valence-corrected chi connectivity index (χ1v) is 9.33. The van der Waals surface area contributed by atoms with Crippen LogP contribution in [0.2, 0.25) is 0 Å². The third-order valence-electron chi connectivity index (χ3n) is 4.91. The summed E-state index contributed by atoms with van der Waals surface area (Å²) >= 11 is 0. The van der Waals surface area contributed by atoms with Gasteiger partial charge in [-0.3, -0.25) is 4.79 Å². The van der Waals surface area contributed by atoms with E-state index in [1.54, 1.807) is 0 Å². The predicted octanol–water partition coefficient (Wildman–Crippen LogP) is 5.24. The van der Waals surface area contributed by atoms with Crippen LogP contribution < -0.4 is 4.74 Å². The van der Waals surface area contributed by atoms with E-state index in [0.717, 1.165) is 30.3 Å². The number of hydrogen-bond acceptors (Lipinski definition) is 3. The zero-order valence-corrected chi connectivity index (χ0v) is 15.0. The lowest BCUT2D eigenvalue weighted by molar-refractivity contribution is -0.138. The summed E-state index contributed by atoms with van der Waals surface area (Å²) in [5.74, 6) is 2.32. The molecule has 1 aliphatic rings. The van der Waals surface area contributed by atoms with Crippen LogP contribution in [0.1, 0.15) is 43.6 Å². The first-order chi connectivity index (χ1) is 12.7. The van der Waals surface area contributed by atoms with Crippen molar-refractivity contribution in [3.63, 3.8) is 0 Å². The van der Waals surface area contributed by atoms with Crippen LogP contribution in [-0.2, 0) is 9.53 Å². The number of aliphatic carboxylic acids is 1. The second-order valence-electron chi connectivity index (χ2n) is 6.92. The number of carboxylic acids is 1. The smallest absolute Gasteiger partial charge is 0.305 e. The molecule has 2 aromatic carbocycles. The first-order valence-electron chi connectivity index (χ1n) is 9.33. The van der Waals surface area contributed by atoms with Gasteiger partial charge in [-0.05, 0) is 67.3 Å². The molecule has 26 heavy (non-hydrogen) atoms. The van der Waals surface area contributed by atoms with Crippen molar-refractivity contribution in [1.29, 1.82) is 0 Å². The second-order valence-corrected chi connectivity index (χ2v) is 6.92. The van der Waals surface area contributed by atoms with Gasteiger partial charge in [-0.15, -0.1) is 0 Å². The van der Waals surface area contributed by atoms with Gasteiger partial charge in [0, 0.05) is 6.61 Å². The molecule has 0 atom stereocenters. The molecule has 4 nitrogen and oxygen atoms in total. The molecule has 4 heteroatoms. The van der Waals surface area contributed by atoms with Crippen LogP contribution >= 0.6 is 0 Å². The number of ether oxygens (including phenoxy) is 2. The summed E-state index contributed by atoms with van der Waals surface area (Å²) < 4.78 is 11.3. The largest absolute Gasteiger partial charge is 0.481 e. The average Bonchev–Trinajstić information content (AvgIpc) is 2.60. The number of benzene rings is 2. The molecule has 0 bridgehead atoms. The van der Waals surface area contributed by atoms with E-state index in [9.17, 15) is 4.79 Å². The van der Waals surface area contributed by atoms with E-state index >= 15 is 0 Å².